The molecule has 0 spiro atoms. The highest BCUT2D eigenvalue weighted by Crippen LogP contribution is 2.25. The summed E-state index contributed by atoms with van der Waals surface area (Å²) in [6, 6.07) is 4.83. The van der Waals surface area contributed by atoms with Crippen LogP contribution < -0.4 is 4.74 Å². The second-order valence-corrected chi connectivity index (χ2v) is 4.33. The van der Waals surface area contributed by atoms with E-state index in [9.17, 15) is 18.0 Å². The molecule has 0 atom stereocenters. The predicted octanol–water partition coefficient (Wildman–Crippen LogP) is 4.00. The molecule has 20 heavy (non-hydrogen) atoms. The van der Waals surface area contributed by atoms with Crippen LogP contribution in [0, 0.1) is 17.5 Å². The summed E-state index contributed by atoms with van der Waals surface area (Å²) in [6.45, 7) is 0. The Morgan fingerprint density at radius 1 is 1.05 bits per heavy atom. The van der Waals surface area contributed by atoms with Gasteiger partial charge in [-0.1, -0.05) is 11.6 Å². The first-order chi connectivity index (χ1) is 9.43. The lowest BCUT2D eigenvalue weighted by atomic mass is 10.0. The Morgan fingerprint density at radius 3 is 2.35 bits per heavy atom. The van der Waals surface area contributed by atoms with Crippen molar-refractivity contribution in [2.24, 2.45) is 0 Å². The summed E-state index contributed by atoms with van der Waals surface area (Å²) in [6.07, 6.45) is 0. The Bertz CT molecular complexity index is 686. The van der Waals surface area contributed by atoms with Crippen LogP contribution in [0.1, 0.15) is 15.9 Å². The number of hydrogen-bond acceptors (Lipinski definition) is 2. The van der Waals surface area contributed by atoms with E-state index in [0.717, 1.165) is 12.1 Å². The minimum atomic E-state index is -1.19. The number of hydrogen-bond donors (Lipinski definition) is 0. The van der Waals surface area contributed by atoms with Crippen molar-refractivity contribution in [1.29, 1.82) is 0 Å². The predicted molar refractivity (Wildman–Crippen MR) is 67.8 cm³/mol. The Kier molecular flexibility index (Phi) is 3.99. The van der Waals surface area contributed by atoms with Gasteiger partial charge in [0.1, 0.15) is 0 Å². The highest BCUT2D eigenvalue weighted by Gasteiger charge is 2.18. The topological polar surface area (TPSA) is 26.3 Å². The maximum Gasteiger partial charge on any atom is 0.194 e. The minimum absolute atomic E-state index is 0.0520. The molecule has 0 N–H and O–H groups in total. The molecule has 0 saturated carbocycles. The maximum absolute atomic E-state index is 13.3. The molecule has 2 nitrogen and oxygen atoms in total. The number of ketones is 1. The second-order valence-electron chi connectivity index (χ2n) is 3.92. The van der Waals surface area contributed by atoms with E-state index >= 15 is 0 Å². The van der Waals surface area contributed by atoms with Crippen LogP contribution in [0.4, 0.5) is 13.2 Å². The Labute approximate surface area is 117 Å². The third-order valence-electron chi connectivity index (χ3n) is 2.67. The summed E-state index contributed by atoms with van der Waals surface area (Å²) in [7, 11) is 1.25. The van der Waals surface area contributed by atoms with Crippen LogP contribution in [0.15, 0.2) is 30.3 Å². The summed E-state index contributed by atoms with van der Waals surface area (Å²) >= 11 is 5.72. The van der Waals surface area contributed by atoms with Crippen LogP contribution in [-0.4, -0.2) is 12.9 Å². The average molecular weight is 301 g/mol. The standard InChI is InChI=1S/C14H8ClF3O2/c1-20-13-4-7(2-3-10(13)16)14(19)8-5-11(17)12(18)6-9(8)15/h2-6H,1H3. The van der Waals surface area contributed by atoms with Gasteiger partial charge in [0.05, 0.1) is 12.1 Å². The van der Waals surface area contributed by atoms with Crippen LogP contribution in [0.2, 0.25) is 5.02 Å². The Hall–Kier alpha value is -2.01. The molecule has 2 aromatic carbocycles. The molecule has 0 heterocycles. The van der Waals surface area contributed by atoms with Crippen molar-refractivity contribution in [2.75, 3.05) is 7.11 Å². The summed E-state index contributed by atoms with van der Waals surface area (Å²) < 4.78 is 44.1. The molecular formula is C14H8ClF3O2. The third-order valence-corrected chi connectivity index (χ3v) is 2.98. The van der Waals surface area contributed by atoms with Gasteiger partial charge in [-0.2, -0.15) is 0 Å². The van der Waals surface area contributed by atoms with Crippen LogP contribution in [-0.2, 0) is 0 Å². The molecule has 0 aliphatic heterocycles. The first-order valence-corrected chi connectivity index (χ1v) is 5.84. The highest BCUT2D eigenvalue weighted by atomic mass is 35.5. The maximum atomic E-state index is 13.3. The van der Waals surface area contributed by atoms with Gasteiger partial charge in [0.25, 0.3) is 0 Å². The van der Waals surface area contributed by atoms with Gasteiger partial charge in [-0.15, -0.1) is 0 Å². The number of methoxy groups -OCH3 is 1. The van der Waals surface area contributed by atoms with Gasteiger partial charge in [-0.05, 0) is 30.3 Å². The fourth-order valence-electron chi connectivity index (χ4n) is 1.65. The van der Waals surface area contributed by atoms with E-state index in [2.05, 4.69) is 0 Å². The molecule has 0 saturated heterocycles. The second kappa shape index (κ2) is 5.54. The fourth-order valence-corrected chi connectivity index (χ4v) is 1.89. The average Bonchev–Trinajstić information content (AvgIpc) is 2.42. The smallest absolute Gasteiger partial charge is 0.194 e. The number of carbonyl (C=O) groups is 1. The van der Waals surface area contributed by atoms with Gasteiger partial charge in [-0.3, -0.25) is 4.79 Å². The minimum Gasteiger partial charge on any atom is -0.494 e. The first kappa shape index (κ1) is 14.4. The third kappa shape index (κ3) is 2.63. The summed E-state index contributed by atoms with van der Waals surface area (Å²) in [5.41, 5.74) is -0.157. The lowest BCUT2D eigenvalue weighted by molar-refractivity contribution is 0.103. The molecule has 0 fully saturated rings. The number of halogens is 4. The van der Waals surface area contributed by atoms with Gasteiger partial charge >= 0.3 is 0 Å². The zero-order valence-corrected chi connectivity index (χ0v) is 11.0. The van der Waals surface area contributed by atoms with E-state index in [-0.39, 0.29) is 21.9 Å². The first-order valence-electron chi connectivity index (χ1n) is 5.47. The lowest BCUT2D eigenvalue weighted by Crippen LogP contribution is -2.05. The molecule has 0 unspecified atom stereocenters. The molecule has 2 aromatic rings. The van der Waals surface area contributed by atoms with E-state index in [1.54, 1.807) is 0 Å². The number of ether oxygens (including phenoxy) is 1. The summed E-state index contributed by atoms with van der Waals surface area (Å²) in [5, 5.41) is -0.225. The zero-order chi connectivity index (χ0) is 14.9. The molecule has 0 radical (unpaired) electrons. The number of benzene rings is 2. The van der Waals surface area contributed by atoms with Crippen LogP contribution >= 0.6 is 11.6 Å². The van der Waals surface area contributed by atoms with Crippen molar-refractivity contribution < 1.29 is 22.7 Å². The lowest BCUT2D eigenvalue weighted by Gasteiger charge is -2.07. The largest absolute Gasteiger partial charge is 0.494 e. The van der Waals surface area contributed by atoms with E-state index in [1.165, 1.54) is 13.2 Å². The molecule has 0 aromatic heterocycles. The van der Waals surface area contributed by atoms with Crippen LogP contribution in [0.3, 0.4) is 0 Å². The van der Waals surface area contributed by atoms with Crippen molar-refractivity contribution in [3.05, 3.63) is 63.9 Å². The zero-order valence-electron chi connectivity index (χ0n) is 10.2. The summed E-state index contributed by atoms with van der Waals surface area (Å²) in [5.74, 6) is -3.77. The quantitative estimate of drug-likeness (QED) is 0.633. The normalized spacial score (nSPS) is 10.4. The Morgan fingerprint density at radius 2 is 1.70 bits per heavy atom. The van der Waals surface area contributed by atoms with Crippen molar-refractivity contribution in [3.8, 4) is 5.75 Å². The van der Waals surface area contributed by atoms with Gasteiger partial charge in [0, 0.05) is 11.1 Å². The molecule has 0 aliphatic rings. The van der Waals surface area contributed by atoms with E-state index in [1.807, 2.05) is 0 Å². The van der Waals surface area contributed by atoms with Gasteiger partial charge in [-0.25, -0.2) is 13.2 Å². The highest BCUT2D eigenvalue weighted by molar-refractivity contribution is 6.35. The SMILES string of the molecule is COc1cc(C(=O)c2cc(F)c(F)cc2Cl)ccc1F. The number of carbonyl (C=O) groups excluding carboxylic acids is 1. The molecule has 2 rings (SSSR count). The van der Waals surface area contributed by atoms with E-state index in [0.29, 0.717) is 12.1 Å². The fraction of sp³-hybridized carbons (Fsp3) is 0.0714. The molecule has 0 bridgehead atoms. The van der Waals surface area contributed by atoms with E-state index < -0.39 is 23.2 Å². The molecular weight excluding hydrogens is 293 g/mol. The summed E-state index contributed by atoms with van der Waals surface area (Å²) in [4.78, 5) is 12.2. The van der Waals surface area contributed by atoms with Crippen LogP contribution in [0.25, 0.3) is 0 Å². The van der Waals surface area contributed by atoms with Gasteiger partial charge in [0.2, 0.25) is 0 Å². The molecule has 104 valence electrons. The molecule has 0 aliphatic carbocycles. The van der Waals surface area contributed by atoms with Crippen molar-refractivity contribution in [3.63, 3.8) is 0 Å². The van der Waals surface area contributed by atoms with E-state index in [4.69, 9.17) is 16.3 Å². The van der Waals surface area contributed by atoms with Gasteiger partial charge in [0.15, 0.2) is 29.0 Å². The molecule has 0 amide bonds. The van der Waals surface area contributed by atoms with Crippen molar-refractivity contribution in [2.45, 2.75) is 0 Å². The van der Waals surface area contributed by atoms with Crippen molar-refractivity contribution in [1.82, 2.24) is 0 Å². The molecule has 6 heteroatoms. The van der Waals surface area contributed by atoms with Crippen LogP contribution in [0.5, 0.6) is 5.75 Å². The van der Waals surface area contributed by atoms with Gasteiger partial charge < -0.3 is 4.74 Å². The Balaban J connectivity index is 2.49. The monoisotopic (exact) mass is 300 g/mol. The van der Waals surface area contributed by atoms with Crippen molar-refractivity contribution >= 4 is 17.4 Å². The number of rotatable bonds is 3.